The third kappa shape index (κ3) is 4.27. The molecule has 1 aromatic rings. The number of piperazine rings is 1. The van der Waals surface area contributed by atoms with E-state index in [1.54, 1.807) is 9.80 Å². The number of hydrogen-bond donors (Lipinski definition) is 0. The van der Waals surface area contributed by atoms with E-state index in [9.17, 15) is 14.4 Å². The van der Waals surface area contributed by atoms with Crippen LogP contribution in [-0.4, -0.2) is 82.4 Å². The number of carbonyl (C=O) groups excluding carboxylic acids is 3. The summed E-state index contributed by atoms with van der Waals surface area (Å²) in [5, 5.41) is 0. The Kier molecular flexibility index (Phi) is 6.49. The van der Waals surface area contributed by atoms with Crippen LogP contribution in [0.5, 0.6) is 0 Å². The smallest absolute Gasteiger partial charge is 0.325 e. The quantitative estimate of drug-likeness (QED) is 0.598. The lowest BCUT2D eigenvalue weighted by Crippen LogP contribution is -2.57. The maximum Gasteiger partial charge on any atom is 0.327 e. The Balaban J connectivity index is 1.41. The molecule has 4 rings (SSSR count). The van der Waals surface area contributed by atoms with Crippen molar-refractivity contribution in [1.82, 2.24) is 19.6 Å². The predicted octanol–water partition coefficient (Wildman–Crippen LogP) is 3.51. The highest BCUT2D eigenvalue weighted by Gasteiger charge is 2.56. The average Bonchev–Trinajstić information content (AvgIpc) is 3.54. The second kappa shape index (κ2) is 9.28. The van der Waals surface area contributed by atoms with Gasteiger partial charge in [-0.2, -0.15) is 0 Å². The molecule has 1 aromatic carbocycles. The van der Waals surface area contributed by atoms with E-state index >= 15 is 0 Å². The Labute approximate surface area is 185 Å². The van der Waals surface area contributed by atoms with E-state index in [1.165, 1.54) is 10.5 Å². The second-order valence-electron chi connectivity index (χ2n) is 8.94. The number of urea groups is 2. The van der Waals surface area contributed by atoms with Gasteiger partial charge in [-0.1, -0.05) is 57.0 Å². The molecule has 3 fully saturated rings. The standard InChI is InChI=1S/C24H34N4O3/c1-3-5-12-25(13-6-4-2)23(30)26-14-15-27-21(17-26)22(29)28(24(27)31)20-16-19(20)18-10-8-7-9-11-18/h7-11,19-21H,3-6,12-17H2,1-2H3/t19-,20+,21?/m0/s1. The van der Waals surface area contributed by atoms with E-state index < -0.39 is 6.04 Å². The molecule has 3 atom stereocenters. The van der Waals surface area contributed by atoms with Gasteiger partial charge in [-0.25, -0.2) is 9.59 Å². The van der Waals surface area contributed by atoms with Gasteiger partial charge in [0, 0.05) is 38.1 Å². The van der Waals surface area contributed by atoms with Gasteiger partial charge in [0.15, 0.2) is 0 Å². The first-order valence-electron chi connectivity index (χ1n) is 11.8. The molecule has 7 nitrogen and oxygen atoms in total. The van der Waals surface area contributed by atoms with Crippen LogP contribution in [0.25, 0.3) is 0 Å². The molecule has 3 aliphatic rings. The molecule has 0 N–H and O–H groups in total. The number of amides is 5. The third-order valence-corrected chi connectivity index (χ3v) is 6.77. The summed E-state index contributed by atoms with van der Waals surface area (Å²) < 4.78 is 0. The zero-order valence-electron chi connectivity index (χ0n) is 18.7. The fourth-order valence-electron chi connectivity index (χ4n) is 4.82. The summed E-state index contributed by atoms with van der Waals surface area (Å²) in [4.78, 5) is 46.3. The Morgan fingerprint density at radius 2 is 1.71 bits per heavy atom. The molecule has 1 saturated carbocycles. The predicted molar refractivity (Wildman–Crippen MR) is 119 cm³/mol. The summed E-state index contributed by atoms with van der Waals surface area (Å²) in [5.74, 6) is 0.0892. The fraction of sp³-hybridized carbons (Fsp3) is 0.625. The molecule has 7 heteroatoms. The fourth-order valence-corrected chi connectivity index (χ4v) is 4.82. The van der Waals surface area contributed by atoms with E-state index in [-0.39, 0.29) is 29.9 Å². The van der Waals surface area contributed by atoms with Crippen molar-refractivity contribution in [2.24, 2.45) is 0 Å². The summed E-state index contributed by atoms with van der Waals surface area (Å²) in [5.41, 5.74) is 1.18. The number of nitrogens with zero attached hydrogens (tertiary/aromatic N) is 4. The molecule has 2 heterocycles. The van der Waals surface area contributed by atoms with Crippen molar-refractivity contribution in [2.45, 2.75) is 64.0 Å². The van der Waals surface area contributed by atoms with Gasteiger partial charge >= 0.3 is 12.1 Å². The molecular weight excluding hydrogens is 392 g/mol. The highest BCUT2D eigenvalue weighted by Crippen LogP contribution is 2.46. The molecule has 0 aromatic heterocycles. The van der Waals surface area contributed by atoms with Gasteiger partial charge in [0.25, 0.3) is 5.91 Å². The number of unbranched alkanes of at least 4 members (excludes halogenated alkanes) is 2. The molecule has 2 aliphatic heterocycles. The third-order valence-electron chi connectivity index (χ3n) is 6.77. The van der Waals surface area contributed by atoms with Crippen LogP contribution in [0.1, 0.15) is 57.4 Å². The van der Waals surface area contributed by atoms with Crippen LogP contribution in [0.2, 0.25) is 0 Å². The van der Waals surface area contributed by atoms with Crippen LogP contribution < -0.4 is 0 Å². The molecule has 31 heavy (non-hydrogen) atoms. The maximum atomic E-state index is 13.2. The van der Waals surface area contributed by atoms with E-state index in [4.69, 9.17) is 0 Å². The van der Waals surface area contributed by atoms with Gasteiger partial charge < -0.3 is 14.7 Å². The molecule has 5 amide bonds. The van der Waals surface area contributed by atoms with Gasteiger partial charge in [-0.15, -0.1) is 0 Å². The van der Waals surface area contributed by atoms with Crippen molar-refractivity contribution in [1.29, 1.82) is 0 Å². The minimum atomic E-state index is -0.540. The van der Waals surface area contributed by atoms with Crippen LogP contribution in [0, 0.1) is 0 Å². The average molecular weight is 427 g/mol. The Morgan fingerprint density at radius 3 is 2.35 bits per heavy atom. The minimum absolute atomic E-state index is 0.00818. The zero-order valence-corrected chi connectivity index (χ0v) is 18.7. The lowest BCUT2D eigenvalue weighted by atomic mass is 10.1. The molecule has 168 valence electrons. The second-order valence-corrected chi connectivity index (χ2v) is 8.94. The highest BCUT2D eigenvalue weighted by atomic mass is 16.2. The summed E-state index contributed by atoms with van der Waals surface area (Å²) in [7, 11) is 0. The summed E-state index contributed by atoms with van der Waals surface area (Å²) in [6.07, 6.45) is 4.86. The first kappa shape index (κ1) is 21.7. The first-order valence-corrected chi connectivity index (χ1v) is 11.8. The number of fused-ring (bicyclic) bond motifs is 1. The van der Waals surface area contributed by atoms with Crippen molar-refractivity contribution in [3.05, 3.63) is 35.9 Å². The lowest BCUT2D eigenvalue weighted by molar-refractivity contribution is -0.129. The number of carbonyl (C=O) groups is 3. The summed E-state index contributed by atoms with van der Waals surface area (Å²) in [6.45, 7) is 6.97. The first-order chi connectivity index (χ1) is 15.1. The number of imide groups is 1. The normalized spacial score (nSPS) is 25.1. The van der Waals surface area contributed by atoms with Crippen LogP contribution >= 0.6 is 0 Å². The maximum absolute atomic E-state index is 13.2. The Hall–Kier alpha value is -2.57. The number of hydrogen-bond acceptors (Lipinski definition) is 3. The van der Waals surface area contributed by atoms with Crippen molar-refractivity contribution in [3.63, 3.8) is 0 Å². The molecule has 0 spiro atoms. The van der Waals surface area contributed by atoms with Crippen molar-refractivity contribution in [3.8, 4) is 0 Å². The number of rotatable bonds is 8. The van der Waals surface area contributed by atoms with Gasteiger partial charge in [0.05, 0.1) is 6.54 Å². The SMILES string of the molecule is CCCCN(CCCC)C(=O)N1CCN2C(=O)N([C@@H]3C[C@H]3c3ccccc3)C(=O)C2C1. The number of benzene rings is 1. The van der Waals surface area contributed by atoms with Crippen LogP contribution in [-0.2, 0) is 4.79 Å². The van der Waals surface area contributed by atoms with Gasteiger partial charge in [-0.05, 0) is 24.8 Å². The Bertz CT molecular complexity index is 806. The largest absolute Gasteiger partial charge is 0.327 e. The monoisotopic (exact) mass is 426 g/mol. The van der Waals surface area contributed by atoms with Crippen LogP contribution in [0.15, 0.2) is 30.3 Å². The van der Waals surface area contributed by atoms with Crippen LogP contribution in [0.3, 0.4) is 0 Å². The van der Waals surface area contributed by atoms with Gasteiger partial charge in [0.2, 0.25) is 0 Å². The molecule has 1 aliphatic carbocycles. The van der Waals surface area contributed by atoms with Gasteiger partial charge in [0.1, 0.15) is 6.04 Å². The van der Waals surface area contributed by atoms with E-state index in [0.29, 0.717) is 19.6 Å². The zero-order chi connectivity index (χ0) is 22.0. The molecule has 1 unspecified atom stereocenters. The van der Waals surface area contributed by atoms with Crippen molar-refractivity contribution < 1.29 is 14.4 Å². The molecule has 0 radical (unpaired) electrons. The van der Waals surface area contributed by atoms with E-state index in [2.05, 4.69) is 26.0 Å². The van der Waals surface area contributed by atoms with E-state index in [0.717, 1.165) is 45.2 Å². The molecule has 2 saturated heterocycles. The Morgan fingerprint density at radius 1 is 1.03 bits per heavy atom. The van der Waals surface area contributed by atoms with Crippen molar-refractivity contribution in [2.75, 3.05) is 32.7 Å². The van der Waals surface area contributed by atoms with Gasteiger partial charge in [-0.3, -0.25) is 9.69 Å². The van der Waals surface area contributed by atoms with Crippen LogP contribution in [0.4, 0.5) is 9.59 Å². The summed E-state index contributed by atoms with van der Waals surface area (Å²) in [6, 6.07) is 9.32. The summed E-state index contributed by atoms with van der Waals surface area (Å²) >= 11 is 0. The lowest BCUT2D eigenvalue weighted by Gasteiger charge is -2.38. The molecule has 0 bridgehead atoms. The van der Waals surface area contributed by atoms with Crippen molar-refractivity contribution >= 4 is 18.0 Å². The minimum Gasteiger partial charge on any atom is -0.325 e. The van der Waals surface area contributed by atoms with E-state index in [1.807, 2.05) is 23.1 Å². The molecular formula is C24H34N4O3. The topological polar surface area (TPSA) is 64.2 Å². The highest BCUT2D eigenvalue weighted by molar-refractivity contribution is 6.05.